The first kappa shape index (κ1) is 15.5. The fraction of sp³-hybridized carbons (Fsp3) is 0.667. The molecule has 2 atom stereocenters. The molecule has 0 spiro atoms. The lowest BCUT2D eigenvalue weighted by molar-refractivity contribution is 0.258. The molecule has 112 valence electrons. The van der Waals surface area contributed by atoms with Gasteiger partial charge in [0.15, 0.2) is 0 Å². The van der Waals surface area contributed by atoms with Crippen molar-refractivity contribution in [2.24, 2.45) is 11.7 Å². The van der Waals surface area contributed by atoms with Gasteiger partial charge in [-0.1, -0.05) is 43.7 Å². The molecule has 1 saturated heterocycles. The third-order valence-corrected chi connectivity index (χ3v) is 4.66. The van der Waals surface area contributed by atoms with E-state index in [1.54, 1.807) is 0 Å². The molecule has 2 unspecified atom stereocenters. The van der Waals surface area contributed by atoms with Crippen LogP contribution in [0.1, 0.15) is 44.6 Å². The van der Waals surface area contributed by atoms with E-state index in [2.05, 4.69) is 42.2 Å². The second-order valence-electron chi connectivity index (χ2n) is 6.29. The van der Waals surface area contributed by atoms with Crippen LogP contribution in [0.4, 0.5) is 0 Å². The second-order valence-corrected chi connectivity index (χ2v) is 6.29. The Balaban J connectivity index is 1.70. The zero-order valence-corrected chi connectivity index (χ0v) is 12.9. The molecule has 0 aromatic heterocycles. The van der Waals surface area contributed by atoms with Crippen LogP contribution in [0.3, 0.4) is 0 Å². The minimum atomic E-state index is 0.313. The second kappa shape index (κ2) is 8.43. The van der Waals surface area contributed by atoms with Crippen LogP contribution in [0.5, 0.6) is 0 Å². The van der Waals surface area contributed by atoms with Gasteiger partial charge < -0.3 is 10.6 Å². The first-order valence-electron chi connectivity index (χ1n) is 8.29. The average molecular weight is 274 g/mol. The molecule has 1 aliphatic rings. The maximum atomic E-state index is 6.33. The Morgan fingerprint density at radius 2 is 2.00 bits per heavy atom. The number of likely N-dealkylation sites (tertiary alicyclic amines) is 1. The van der Waals surface area contributed by atoms with Gasteiger partial charge in [-0.3, -0.25) is 0 Å². The molecule has 2 N–H and O–H groups in total. The molecule has 1 aliphatic heterocycles. The van der Waals surface area contributed by atoms with Crippen LogP contribution >= 0.6 is 0 Å². The van der Waals surface area contributed by atoms with Crippen molar-refractivity contribution in [3.05, 3.63) is 35.9 Å². The number of nitrogens with two attached hydrogens (primary N) is 1. The van der Waals surface area contributed by atoms with Crippen molar-refractivity contribution in [3.63, 3.8) is 0 Å². The molecule has 0 radical (unpaired) electrons. The fourth-order valence-electron chi connectivity index (χ4n) is 3.24. The smallest absolute Gasteiger partial charge is 0.0170 e. The molecular formula is C18H30N2. The maximum absolute atomic E-state index is 6.33. The SMILES string of the molecule is CCC1CCCN(CC(N)CCc2ccccc2)CC1. The van der Waals surface area contributed by atoms with Crippen molar-refractivity contribution in [1.29, 1.82) is 0 Å². The normalized spacial score (nSPS) is 22.4. The molecule has 0 aliphatic carbocycles. The Bertz CT molecular complexity index is 363. The molecule has 2 nitrogen and oxygen atoms in total. The van der Waals surface area contributed by atoms with E-state index < -0.39 is 0 Å². The number of hydrogen-bond acceptors (Lipinski definition) is 2. The van der Waals surface area contributed by atoms with Gasteiger partial charge in [0.1, 0.15) is 0 Å². The zero-order chi connectivity index (χ0) is 14.2. The number of rotatable bonds is 6. The summed E-state index contributed by atoms with van der Waals surface area (Å²) in [5, 5.41) is 0. The van der Waals surface area contributed by atoms with Crippen LogP contribution in [0.15, 0.2) is 30.3 Å². The molecule has 1 fully saturated rings. The number of benzene rings is 1. The topological polar surface area (TPSA) is 29.3 Å². The van der Waals surface area contributed by atoms with E-state index in [-0.39, 0.29) is 0 Å². The molecule has 2 heteroatoms. The minimum absolute atomic E-state index is 0.313. The Morgan fingerprint density at radius 1 is 1.20 bits per heavy atom. The van der Waals surface area contributed by atoms with E-state index in [9.17, 15) is 0 Å². The van der Waals surface area contributed by atoms with Gasteiger partial charge in [-0.25, -0.2) is 0 Å². The van der Waals surface area contributed by atoms with Crippen molar-refractivity contribution in [1.82, 2.24) is 4.90 Å². The average Bonchev–Trinajstić information content (AvgIpc) is 2.71. The van der Waals surface area contributed by atoms with Crippen LogP contribution in [0.2, 0.25) is 0 Å². The molecule has 1 aromatic rings. The third kappa shape index (κ3) is 5.26. The first-order valence-corrected chi connectivity index (χ1v) is 8.29. The predicted octanol–water partition coefficient (Wildman–Crippen LogP) is 3.46. The van der Waals surface area contributed by atoms with E-state index in [4.69, 9.17) is 5.73 Å². The number of nitrogens with zero attached hydrogens (tertiary/aromatic N) is 1. The Hall–Kier alpha value is -0.860. The van der Waals surface area contributed by atoms with Gasteiger partial charge in [0, 0.05) is 12.6 Å². The van der Waals surface area contributed by atoms with E-state index in [1.807, 2.05) is 0 Å². The van der Waals surface area contributed by atoms with Crippen LogP contribution in [-0.2, 0) is 6.42 Å². The van der Waals surface area contributed by atoms with Crippen LogP contribution in [-0.4, -0.2) is 30.6 Å². The fourth-order valence-corrected chi connectivity index (χ4v) is 3.24. The van der Waals surface area contributed by atoms with Crippen molar-refractivity contribution in [2.45, 2.75) is 51.5 Å². The molecule has 20 heavy (non-hydrogen) atoms. The van der Waals surface area contributed by atoms with Gasteiger partial charge >= 0.3 is 0 Å². The van der Waals surface area contributed by atoms with E-state index in [0.29, 0.717) is 6.04 Å². The maximum Gasteiger partial charge on any atom is 0.0170 e. The van der Waals surface area contributed by atoms with Crippen molar-refractivity contribution >= 4 is 0 Å². The lowest BCUT2D eigenvalue weighted by Gasteiger charge is -2.24. The van der Waals surface area contributed by atoms with Crippen LogP contribution in [0.25, 0.3) is 0 Å². The van der Waals surface area contributed by atoms with E-state index >= 15 is 0 Å². The molecule has 1 aromatic carbocycles. The standard InChI is InChI=1S/C18H30N2/c1-2-16-9-6-13-20(14-12-16)15-18(19)11-10-17-7-4-3-5-8-17/h3-5,7-8,16,18H,2,6,9-15,19H2,1H3. The molecule has 2 rings (SSSR count). The number of aryl methyl sites for hydroxylation is 1. The minimum Gasteiger partial charge on any atom is -0.327 e. The van der Waals surface area contributed by atoms with Gasteiger partial charge in [0.2, 0.25) is 0 Å². The monoisotopic (exact) mass is 274 g/mol. The summed E-state index contributed by atoms with van der Waals surface area (Å²) in [5.41, 5.74) is 7.74. The van der Waals surface area contributed by atoms with Gasteiger partial charge in [0.25, 0.3) is 0 Å². The Labute approximate surface area is 124 Å². The molecule has 0 saturated carbocycles. The van der Waals surface area contributed by atoms with Gasteiger partial charge in [0.05, 0.1) is 0 Å². The van der Waals surface area contributed by atoms with Crippen molar-refractivity contribution in [2.75, 3.05) is 19.6 Å². The highest BCUT2D eigenvalue weighted by Gasteiger charge is 2.17. The Kier molecular flexibility index (Phi) is 6.55. The third-order valence-electron chi connectivity index (χ3n) is 4.66. The number of hydrogen-bond donors (Lipinski definition) is 1. The first-order chi connectivity index (χ1) is 9.78. The van der Waals surface area contributed by atoms with Crippen molar-refractivity contribution < 1.29 is 0 Å². The van der Waals surface area contributed by atoms with Gasteiger partial charge in [-0.15, -0.1) is 0 Å². The molecule has 1 heterocycles. The summed E-state index contributed by atoms with van der Waals surface area (Å²) in [4.78, 5) is 2.59. The predicted molar refractivity (Wildman–Crippen MR) is 86.8 cm³/mol. The van der Waals surface area contributed by atoms with E-state index in [0.717, 1.165) is 25.3 Å². The molecular weight excluding hydrogens is 244 g/mol. The lowest BCUT2D eigenvalue weighted by atomic mass is 9.98. The van der Waals surface area contributed by atoms with Crippen molar-refractivity contribution in [3.8, 4) is 0 Å². The van der Waals surface area contributed by atoms with Gasteiger partial charge in [-0.2, -0.15) is 0 Å². The summed E-state index contributed by atoms with van der Waals surface area (Å²) >= 11 is 0. The zero-order valence-electron chi connectivity index (χ0n) is 12.9. The van der Waals surface area contributed by atoms with Gasteiger partial charge in [-0.05, 0) is 56.7 Å². The quantitative estimate of drug-likeness (QED) is 0.861. The lowest BCUT2D eigenvalue weighted by Crippen LogP contribution is -2.38. The highest BCUT2D eigenvalue weighted by Crippen LogP contribution is 2.20. The van der Waals surface area contributed by atoms with Crippen LogP contribution < -0.4 is 5.73 Å². The summed E-state index contributed by atoms with van der Waals surface area (Å²) in [6, 6.07) is 11.0. The van der Waals surface area contributed by atoms with E-state index in [1.165, 1.54) is 44.3 Å². The Morgan fingerprint density at radius 3 is 2.75 bits per heavy atom. The van der Waals surface area contributed by atoms with Crippen LogP contribution in [0, 0.1) is 5.92 Å². The summed E-state index contributed by atoms with van der Waals surface area (Å²) < 4.78 is 0. The summed E-state index contributed by atoms with van der Waals surface area (Å²) in [6.45, 7) is 5.89. The highest BCUT2D eigenvalue weighted by molar-refractivity contribution is 5.14. The summed E-state index contributed by atoms with van der Waals surface area (Å²) in [6.07, 6.45) is 7.66. The largest absolute Gasteiger partial charge is 0.327 e. The molecule has 0 bridgehead atoms. The summed E-state index contributed by atoms with van der Waals surface area (Å²) in [7, 11) is 0. The molecule has 0 amide bonds. The summed E-state index contributed by atoms with van der Waals surface area (Å²) in [5.74, 6) is 0.945. The highest BCUT2D eigenvalue weighted by atomic mass is 15.1.